The van der Waals surface area contributed by atoms with E-state index in [4.69, 9.17) is 4.74 Å². The first-order chi connectivity index (χ1) is 11.3. The predicted molar refractivity (Wildman–Crippen MR) is 93.1 cm³/mol. The smallest absolute Gasteiger partial charge is 0.330 e. The fraction of sp³-hybridized carbons (Fsp3) is 0.150. The summed E-state index contributed by atoms with van der Waals surface area (Å²) in [6, 6.07) is 18.5. The van der Waals surface area contributed by atoms with Crippen LogP contribution in [0.25, 0.3) is 17.0 Å². The molecule has 0 N–H and O–H groups in total. The van der Waals surface area contributed by atoms with Crippen molar-refractivity contribution in [2.24, 2.45) is 0 Å². The van der Waals surface area contributed by atoms with Gasteiger partial charge in [0.15, 0.2) is 0 Å². The zero-order valence-electron chi connectivity index (χ0n) is 13.1. The lowest BCUT2D eigenvalue weighted by Crippen LogP contribution is -1.98. The average molecular weight is 305 g/mol. The van der Waals surface area contributed by atoms with Crippen molar-refractivity contribution in [3.8, 4) is 0 Å². The standard InChI is InChI=1S/C20H19NO2/c1-2-23-20(22)13-12-17-15-21(14-16-8-4-3-5-9-16)19-11-7-6-10-18(17)19/h3-13,15H,2,14H2,1H3/b13-12+. The van der Waals surface area contributed by atoms with Crippen LogP contribution in [0, 0.1) is 0 Å². The Balaban J connectivity index is 1.95. The summed E-state index contributed by atoms with van der Waals surface area (Å²) < 4.78 is 7.15. The lowest BCUT2D eigenvalue weighted by molar-refractivity contribution is -0.137. The van der Waals surface area contributed by atoms with Crippen molar-refractivity contribution < 1.29 is 9.53 Å². The van der Waals surface area contributed by atoms with E-state index in [0.717, 1.165) is 23.0 Å². The molecule has 2 aromatic carbocycles. The van der Waals surface area contributed by atoms with Crippen molar-refractivity contribution in [2.75, 3.05) is 6.61 Å². The van der Waals surface area contributed by atoms with Crippen molar-refractivity contribution in [3.63, 3.8) is 0 Å². The van der Waals surface area contributed by atoms with Gasteiger partial charge in [-0.15, -0.1) is 0 Å². The van der Waals surface area contributed by atoms with E-state index in [0.29, 0.717) is 6.61 Å². The first-order valence-electron chi connectivity index (χ1n) is 7.74. The van der Waals surface area contributed by atoms with Gasteiger partial charge in [0.25, 0.3) is 0 Å². The number of rotatable bonds is 5. The molecule has 1 heterocycles. The van der Waals surface area contributed by atoms with Crippen molar-refractivity contribution >= 4 is 22.9 Å². The molecule has 0 bridgehead atoms. The molecule has 0 fully saturated rings. The highest BCUT2D eigenvalue weighted by molar-refractivity contribution is 5.94. The Bertz CT molecular complexity index is 831. The fourth-order valence-electron chi connectivity index (χ4n) is 2.67. The molecule has 0 saturated carbocycles. The van der Waals surface area contributed by atoms with E-state index in [-0.39, 0.29) is 5.97 Å². The third-order valence-corrected chi connectivity index (χ3v) is 3.70. The highest BCUT2D eigenvalue weighted by Gasteiger charge is 2.07. The topological polar surface area (TPSA) is 31.2 Å². The minimum atomic E-state index is -0.313. The molecule has 3 rings (SSSR count). The number of hydrogen-bond acceptors (Lipinski definition) is 2. The van der Waals surface area contributed by atoms with Gasteiger partial charge in [-0.25, -0.2) is 4.79 Å². The summed E-state index contributed by atoms with van der Waals surface area (Å²) >= 11 is 0. The van der Waals surface area contributed by atoms with Crippen molar-refractivity contribution in [3.05, 3.63) is 78.0 Å². The number of aromatic nitrogens is 1. The second-order valence-electron chi connectivity index (χ2n) is 5.30. The molecule has 1 aromatic heterocycles. The number of para-hydroxylation sites is 1. The van der Waals surface area contributed by atoms with Gasteiger partial charge < -0.3 is 9.30 Å². The lowest BCUT2D eigenvalue weighted by atomic mass is 10.1. The van der Waals surface area contributed by atoms with Crippen LogP contribution in [0.15, 0.2) is 66.9 Å². The van der Waals surface area contributed by atoms with Gasteiger partial charge in [0.1, 0.15) is 0 Å². The van der Waals surface area contributed by atoms with Crippen molar-refractivity contribution in [1.29, 1.82) is 0 Å². The maximum Gasteiger partial charge on any atom is 0.330 e. The molecule has 0 amide bonds. The summed E-state index contributed by atoms with van der Waals surface area (Å²) in [5.74, 6) is -0.313. The van der Waals surface area contributed by atoms with E-state index in [1.807, 2.05) is 36.4 Å². The molecule has 23 heavy (non-hydrogen) atoms. The number of benzene rings is 2. The van der Waals surface area contributed by atoms with Crippen LogP contribution in [0.2, 0.25) is 0 Å². The summed E-state index contributed by atoms with van der Waals surface area (Å²) in [4.78, 5) is 11.5. The van der Waals surface area contributed by atoms with E-state index in [1.54, 1.807) is 6.92 Å². The molecule has 3 aromatic rings. The summed E-state index contributed by atoms with van der Waals surface area (Å²) in [6.07, 6.45) is 5.38. The summed E-state index contributed by atoms with van der Waals surface area (Å²) in [7, 11) is 0. The monoisotopic (exact) mass is 305 g/mol. The van der Waals surface area contributed by atoms with Gasteiger partial charge in [0.2, 0.25) is 0 Å². The fourth-order valence-corrected chi connectivity index (χ4v) is 2.67. The first kappa shape index (κ1) is 15.1. The summed E-state index contributed by atoms with van der Waals surface area (Å²) in [5.41, 5.74) is 3.42. The lowest BCUT2D eigenvalue weighted by Gasteiger charge is -2.05. The highest BCUT2D eigenvalue weighted by atomic mass is 16.5. The highest BCUT2D eigenvalue weighted by Crippen LogP contribution is 2.23. The number of ether oxygens (including phenoxy) is 1. The maximum atomic E-state index is 11.5. The number of carbonyl (C=O) groups is 1. The number of nitrogens with zero attached hydrogens (tertiary/aromatic N) is 1. The first-order valence-corrected chi connectivity index (χ1v) is 7.74. The van der Waals surface area contributed by atoms with Crippen LogP contribution in [0.3, 0.4) is 0 Å². The zero-order chi connectivity index (χ0) is 16.1. The van der Waals surface area contributed by atoms with Crippen molar-refractivity contribution in [1.82, 2.24) is 4.57 Å². The normalized spacial score (nSPS) is 11.2. The van der Waals surface area contributed by atoms with Gasteiger partial charge in [0, 0.05) is 35.3 Å². The Kier molecular flexibility index (Phi) is 4.57. The Morgan fingerprint density at radius 3 is 2.61 bits per heavy atom. The summed E-state index contributed by atoms with van der Waals surface area (Å²) in [6.45, 7) is 2.99. The van der Waals surface area contributed by atoms with Gasteiger partial charge in [-0.05, 0) is 24.6 Å². The van der Waals surface area contributed by atoms with E-state index in [1.165, 1.54) is 11.6 Å². The SMILES string of the molecule is CCOC(=O)/C=C/c1cn(Cc2ccccc2)c2ccccc12. The van der Waals surface area contributed by atoms with E-state index >= 15 is 0 Å². The Morgan fingerprint density at radius 1 is 1.09 bits per heavy atom. The number of fused-ring (bicyclic) bond motifs is 1. The number of hydrogen-bond donors (Lipinski definition) is 0. The minimum Gasteiger partial charge on any atom is -0.463 e. The molecule has 3 nitrogen and oxygen atoms in total. The van der Waals surface area contributed by atoms with Gasteiger partial charge in [-0.1, -0.05) is 48.5 Å². The van der Waals surface area contributed by atoms with Crippen LogP contribution in [0.4, 0.5) is 0 Å². The molecule has 0 aliphatic rings. The molecule has 0 unspecified atom stereocenters. The second kappa shape index (κ2) is 6.97. The second-order valence-corrected chi connectivity index (χ2v) is 5.30. The summed E-state index contributed by atoms with van der Waals surface area (Å²) in [5, 5.41) is 1.13. The average Bonchev–Trinajstić information content (AvgIpc) is 2.92. The molecule has 3 heteroatoms. The minimum absolute atomic E-state index is 0.313. The van der Waals surface area contributed by atoms with Crippen LogP contribution >= 0.6 is 0 Å². The molecule has 116 valence electrons. The Hall–Kier alpha value is -2.81. The van der Waals surface area contributed by atoms with Gasteiger partial charge in [-0.3, -0.25) is 0 Å². The molecule has 0 aliphatic carbocycles. The van der Waals surface area contributed by atoms with Crippen LogP contribution in [-0.2, 0) is 16.1 Å². The predicted octanol–water partition coefficient (Wildman–Crippen LogP) is 4.27. The van der Waals surface area contributed by atoms with Crippen LogP contribution in [-0.4, -0.2) is 17.1 Å². The van der Waals surface area contributed by atoms with Gasteiger partial charge >= 0.3 is 5.97 Å². The molecule has 0 saturated heterocycles. The molecule has 0 spiro atoms. The maximum absolute atomic E-state index is 11.5. The molecule has 0 radical (unpaired) electrons. The van der Waals surface area contributed by atoms with E-state index in [2.05, 4.69) is 35.0 Å². The Labute approximate surface area is 135 Å². The third-order valence-electron chi connectivity index (χ3n) is 3.70. The van der Waals surface area contributed by atoms with Crippen LogP contribution in [0.1, 0.15) is 18.1 Å². The third kappa shape index (κ3) is 3.51. The van der Waals surface area contributed by atoms with Crippen LogP contribution in [0.5, 0.6) is 0 Å². The van der Waals surface area contributed by atoms with E-state index < -0.39 is 0 Å². The largest absolute Gasteiger partial charge is 0.463 e. The molecular formula is C20H19NO2. The number of carbonyl (C=O) groups excluding carboxylic acids is 1. The molecule has 0 aliphatic heterocycles. The van der Waals surface area contributed by atoms with Gasteiger partial charge in [0.05, 0.1) is 6.61 Å². The molecular weight excluding hydrogens is 286 g/mol. The number of esters is 1. The molecule has 0 atom stereocenters. The zero-order valence-corrected chi connectivity index (χ0v) is 13.1. The Morgan fingerprint density at radius 2 is 1.83 bits per heavy atom. The van der Waals surface area contributed by atoms with Gasteiger partial charge in [-0.2, -0.15) is 0 Å². The van der Waals surface area contributed by atoms with Crippen molar-refractivity contribution in [2.45, 2.75) is 13.5 Å². The van der Waals surface area contributed by atoms with Crippen LogP contribution < -0.4 is 0 Å². The van der Waals surface area contributed by atoms with E-state index in [9.17, 15) is 4.79 Å². The quantitative estimate of drug-likeness (QED) is 0.521.